The van der Waals surface area contributed by atoms with Crippen LogP contribution in [0.2, 0.25) is 0 Å². The minimum atomic E-state index is -3.87. The Bertz CT molecular complexity index is 1780. The van der Waals surface area contributed by atoms with Crippen LogP contribution >= 0.6 is 0 Å². The number of aryl methyl sites for hydroxylation is 1. The van der Waals surface area contributed by atoms with E-state index in [2.05, 4.69) is 30.6 Å². The number of sulfonamides is 1. The summed E-state index contributed by atoms with van der Waals surface area (Å²) in [6, 6.07) is 18.9. The Morgan fingerprint density at radius 3 is 2.32 bits per heavy atom. The largest absolute Gasteiger partial charge is 0.507 e. The molecule has 1 heterocycles. The number of anilines is 3. The van der Waals surface area contributed by atoms with E-state index in [0.29, 0.717) is 28.1 Å². The first-order valence-corrected chi connectivity index (χ1v) is 15.1. The lowest BCUT2D eigenvalue weighted by atomic mass is 10.1. The van der Waals surface area contributed by atoms with Crippen molar-refractivity contribution in [3.05, 3.63) is 101 Å². The molecule has 0 spiro atoms. The van der Waals surface area contributed by atoms with Gasteiger partial charge in [0.1, 0.15) is 11.5 Å². The fraction of sp³-hybridized carbons (Fsp3) is 0.161. The molecule has 0 aliphatic rings. The van der Waals surface area contributed by atoms with Gasteiger partial charge in [0.05, 0.1) is 11.1 Å². The molecule has 12 nitrogen and oxygen atoms in total. The lowest BCUT2D eigenvalue weighted by Crippen LogP contribution is -2.21. The van der Waals surface area contributed by atoms with Crippen molar-refractivity contribution in [2.75, 3.05) is 28.0 Å². The molecule has 0 radical (unpaired) electrons. The monoisotopic (exact) mass is 616 g/mol. The van der Waals surface area contributed by atoms with Gasteiger partial charge < -0.3 is 19.8 Å². The molecule has 0 fully saturated rings. The number of nitrogens with one attached hydrogen (secondary N) is 3. The first-order chi connectivity index (χ1) is 21.1. The van der Waals surface area contributed by atoms with Crippen molar-refractivity contribution in [1.82, 2.24) is 10.6 Å². The van der Waals surface area contributed by atoms with E-state index in [1.54, 1.807) is 49.4 Å². The molecule has 44 heavy (non-hydrogen) atoms. The maximum absolute atomic E-state index is 12.5. The normalized spacial score (nSPS) is 11.5. The lowest BCUT2D eigenvalue weighted by Gasteiger charge is -2.21. The summed E-state index contributed by atoms with van der Waals surface area (Å²) >= 11 is 0. The van der Waals surface area contributed by atoms with E-state index in [1.165, 1.54) is 42.6 Å². The summed E-state index contributed by atoms with van der Waals surface area (Å²) in [6.45, 7) is 7.35. The average molecular weight is 617 g/mol. The number of carbonyl (C=O) groups excluding carboxylic acids is 2. The number of hydrazone groups is 1. The quantitative estimate of drug-likeness (QED) is 0.101. The molecule has 0 atom stereocenters. The molecule has 4 rings (SSSR count). The second-order valence-corrected chi connectivity index (χ2v) is 11.2. The van der Waals surface area contributed by atoms with E-state index >= 15 is 0 Å². The minimum Gasteiger partial charge on any atom is -0.507 e. The Kier molecular flexibility index (Phi) is 10.1. The number of phenols is 1. The fourth-order valence-electron chi connectivity index (χ4n) is 4.08. The van der Waals surface area contributed by atoms with Gasteiger partial charge in [-0.3, -0.25) is 14.3 Å². The van der Waals surface area contributed by atoms with Crippen LogP contribution in [0, 0.1) is 6.92 Å². The summed E-state index contributed by atoms with van der Waals surface area (Å²) in [6.07, 6.45) is 4.26. The number of benzene rings is 3. The molecule has 0 saturated heterocycles. The molecular formula is C31H32N6O6S. The molecule has 13 heteroatoms. The summed E-state index contributed by atoms with van der Waals surface area (Å²) in [5.74, 6) is -0.274. The molecular weight excluding hydrogens is 584 g/mol. The summed E-state index contributed by atoms with van der Waals surface area (Å²) < 4.78 is 32.2. The molecule has 4 aromatic rings. The van der Waals surface area contributed by atoms with Gasteiger partial charge in [0, 0.05) is 53.8 Å². The highest BCUT2D eigenvalue weighted by atomic mass is 32.2. The summed E-state index contributed by atoms with van der Waals surface area (Å²) in [5, 5.41) is 20.5. The predicted molar refractivity (Wildman–Crippen MR) is 169 cm³/mol. The van der Waals surface area contributed by atoms with Crippen molar-refractivity contribution in [3.63, 3.8) is 0 Å². The smallest absolute Gasteiger partial charge is 0.271 e. The van der Waals surface area contributed by atoms with Gasteiger partial charge in [0.15, 0.2) is 5.82 Å². The van der Waals surface area contributed by atoms with Crippen LogP contribution in [0.3, 0.4) is 0 Å². The third-order valence-electron chi connectivity index (χ3n) is 6.41. The number of phenolic OH excluding ortho intramolecular Hbond substituents is 1. The van der Waals surface area contributed by atoms with Crippen molar-refractivity contribution >= 4 is 51.3 Å². The number of aromatic nitrogens is 1. The highest BCUT2D eigenvalue weighted by Gasteiger charge is 2.16. The number of nitrogens with zero attached hydrogens (tertiary/aromatic N) is 3. The topological polar surface area (TPSA) is 166 Å². The van der Waals surface area contributed by atoms with E-state index in [9.17, 15) is 23.1 Å². The number of amides is 2. The third-order valence-corrected chi connectivity index (χ3v) is 7.78. The molecule has 228 valence electrons. The van der Waals surface area contributed by atoms with Gasteiger partial charge in [0.2, 0.25) is 5.91 Å². The van der Waals surface area contributed by atoms with E-state index in [4.69, 9.17) is 4.52 Å². The SMILES string of the molecule is CCN(CC)c1ccc(/C=N/NC(=O)c2ccc(/C=C/C(=O)Nc3ccc(S(=O)(=O)Nc4cc(C)on4)cc3)cc2)c(O)c1. The van der Waals surface area contributed by atoms with Crippen molar-refractivity contribution in [2.24, 2.45) is 5.10 Å². The Morgan fingerprint density at radius 2 is 1.70 bits per heavy atom. The number of hydrogen-bond donors (Lipinski definition) is 4. The predicted octanol–water partition coefficient (Wildman–Crippen LogP) is 4.75. The summed E-state index contributed by atoms with van der Waals surface area (Å²) in [7, 11) is -3.87. The van der Waals surface area contributed by atoms with Gasteiger partial charge in [0.25, 0.3) is 15.9 Å². The van der Waals surface area contributed by atoms with Gasteiger partial charge >= 0.3 is 0 Å². The van der Waals surface area contributed by atoms with E-state index in [0.717, 1.165) is 18.8 Å². The van der Waals surface area contributed by atoms with Gasteiger partial charge in [-0.2, -0.15) is 5.10 Å². The van der Waals surface area contributed by atoms with E-state index < -0.39 is 21.8 Å². The first-order valence-electron chi connectivity index (χ1n) is 13.6. The number of hydrogen-bond acceptors (Lipinski definition) is 9. The van der Waals surface area contributed by atoms with Crippen LogP contribution in [-0.4, -0.2) is 49.8 Å². The molecule has 2 amide bonds. The summed E-state index contributed by atoms with van der Waals surface area (Å²) in [4.78, 5) is 26.9. The van der Waals surface area contributed by atoms with Crippen LogP contribution in [-0.2, 0) is 14.8 Å². The molecule has 1 aromatic heterocycles. The minimum absolute atomic E-state index is 0.0100. The second kappa shape index (κ2) is 14.2. The number of carbonyl (C=O) groups is 2. The molecule has 0 bridgehead atoms. The average Bonchev–Trinajstić information content (AvgIpc) is 3.41. The van der Waals surface area contributed by atoms with Crippen molar-refractivity contribution in [1.29, 1.82) is 0 Å². The Morgan fingerprint density at radius 1 is 1.00 bits per heavy atom. The van der Waals surface area contributed by atoms with Crippen LogP contribution in [0.1, 0.15) is 41.1 Å². The van der Waals surface area contributed by atoms with E-state index in [-0.39, 0.29) is 16.5 Å². The van der Waals surface area contributed by atoms with Crippen molar-refractivity contribution < 1.29 is 27.6 Å². The molecule has 0 saturated carbocycles. The van der Waals surface area contributed by atoms with Gasteiger partial charge in [-0.1, -0.05) is 17.3 Å². The maximum atomic E-state index is 12.5. The molecule has 0 aliphatic carbocycles. The van der Waals surface area contributed by atoms with Crippen LogP contribution in [0.15, 0.2) is 93.4 Å². The zero-order valence-electron chi connectivity index (χ0n) is 24.3. The van der Waals surface area contributed by atoms with Crippen LogP contribution in [0.25, 0.3) is 6.08 Å². The fourth-order valence-corrected chi connectivity index (χ4v) is 5.07. The maximum Gasteiger partial charge on any atom is 0.271 e. The third kappa shape index (κ3) is 8.32. The Labute approximate surface area is 255 Å². The first kappa shape index (κ1) is 31.5. The molecule has 0 unspecified atom stereocenters. The highest BCUT2D eigenvalue weighted by molar-refractivity contribution is 7.92. The zero-order chi connectivity index (χ0) is 31.7. The number of rotatable bonds is 12. The van der Waals surface area contributed by atoms with Gasteiger partial charge in [-0.15, -0.1) is 0 Å². The van der Waals surface area contributed by atoms with Crippen LogP contribution in [0.5, 0.6) is 5.75 Å². The highest BCUT2D eigenvalue weighted by Crippen LogP contribution is 2.23. The van der Waals surface area contributed by atoms with Gasteiger partial charge in [-0.25, -0.2) is 13.8 Å². The second-order valence-electron chi connectivity index (χ2n) is 9.51. The molecule has 4 N–H and O–H groups in total. The van der Waals surface area contributed by atoms with Gasteiger partial charge in [-0.05, 0) is 80.9 Å². The van der Waals surface area contributed by atoms with Crippen LogP contribution < -0.4 is 20.4 Å². The zero-order valence-corrected chi connectivity index (χ0v) is 25.1. The number of aromatic hydroxyl groups is 1. The Balaban J connectivity index is 1.28. The summed E-state index contributed by atoms with van der Waals surface area (Å²) in [5.41, 5.74) is 5.23. The van der Waals surface area contributed by atoms with Crippen molar-refractivity contribution in [2.45, 2.75) is 25.7 Å². The van der Waals surface area contributed by atoms with Crippen molar-refractivity contribution in [3.8, 4) is 5.75 Å². The lowest BCUT2D eigenvalue weighted by molar-refractivity contribution is -0.111. The standard InChI is InChI=1S/C31H32N6O6S/c1-4-37(5-2)26-14-11-24(28(38)19-26)20-32-34-31(40)23-9-6-22(7-10-23)8-17-30(39)33-25-12-15-27(16-13-25)44(41,42)36-29-18-21(3)43-35-29/h6-20,38H,4-5H2,1-3H3,(H,33,39)(H,34,40)(H,35,36)/b17-8+,32-20+. The Hall–Kier alpha value is -5.43. The van der Waals surface area contributed by atoms with E-state index in [1.807, 2.05) is 19.9 Å². The molecule has 0 aliphatic heterocycles. The van der Waals surface area contributed by atoms with Crippen LogP contribution in [0.4, 0.5) is 17.2 Å². The molecule has 3 aromatic carbocycles.